The third-order valence-electron chi connectivity index (χ3n) is 4.17. The fourth-order valence-corrected chi connectivity index (χ4v) is 3.77. The zero-order valence-electron chi connectivity index (χ0n) is 15.7. The van der Waals surface area contributed by atoms with Gasteiger partial charge in [-0.15, -0.1) is 11.3 Å². The van der Waals surface area contributed by atoms with Gasteiger partial charge in [0.25, 0.3) is 0 Å². The monoisotopic (exact) mass is 417 g/mol. The Bertz CT molecular complexity index is 938. The van der Waals surface area contributed by atoms with Gasteiger partial charge in [0.1, 0.15) is 10.8 Å². The van der Waals surface area contributed by atoms with Crippen molar-refractivity contribution in [1.82, 2.24) is 9.88 Å². The standard InChI is InChI=1S/C21H21ClFN3OS/c1-14-6-8-15(9-7-14)24-20(27)10-21-25-16(13-28-21)11-26(2)12-17-18(22)4-3-5-19(17)23/h3-9,13H,10-12H2,1-2H3,(H,24,27). The first-order valence-electron chi connectivity index (χ1n) is 8.82. The van der Waals surface area contributed by atoms with Crippen LogP contribution in [0.15, 0.2) is 47.8 Å². The number of halogens is 2. The quantitative estimate of drug-likeness (QED) is 0.584. The highest BCUT2D eigenvalue weighted by atomic mass is 35.5. The van der Waals surface area contributed by atoms with Gasteiger partial charge < -0.3 is 5.32 Å². The lowest BCUT2D eigenvalue weighted by atomic mass is 10.2. The second-order valence-electron chi connectivity index (χ2n) is 6.70. The Kier molecular flexibility index (Phi) is 6.78. The first-order chi connectivity index (χ1) is 13.4. The molecule has 28 heavy (non-hydrogen) atoms. The van der Waals surface area contributed by atoms with E-state index in [1.54, 1.807) is 12.1 Å². The number of thiazole rings is 1. The number of carbonyl (C=O) groups excluding carboxylic acids is 1. The molecule has 1 aromatic heterocycles. The number of carbonyl (C=O) groups is 1. The number of hydrogen-bond acceptors (Lipinski definition) is 4. The molecule has 7 heteroatoms. The lowest BCUT2D eigenvalue weighted by molar-refractivity contribution is -0.115. The van der Waals surface area contributed by atoms with Gasteiger partial charge in [0, 0.05) is 34.7 Å². The Hall–Kier alpha value is -2.28. The number of nitrogens with zero attached hydrogens (tertiary/aromatic N) is 2. The van der Waals surface area contributed by atoms with E-state index < -0.39 is 0 Å². The molecule has 0 fully saturated rings. The average Bonchev–Trinajstić information content (AvgIpc) is 3.07. The molecule has 4 nitrogen and oxygen atoms in total. The fraction of sp³-hybridized carbons (Fsp3) is 0.238. The third-order valence-corrected chi connectivity index (χ3v) is 5.42. The number of benzene rings is 2. The minimum Gasteiger partial charge on any atom is -0.326 e. The van der Waals surface area contributed by atoms with Crippen LogP contribution in [0, 0.1) is 12.7 Å². The maximum Gasteiger partial charge on any atom is 0.231 e. The smallest absolute Gasteiger partial charge is 0.231 e. The molecule has 0 saturated heterocycles. The Labute approximate surface area is 173 Å². The number of anilines is 1. The van der Waals surface area contributed by atoms with Crippen LogP contribution in [0.25, 0.3) is 0 Å². The van der Waals surface area contributed by atoms with Crippen LogP contribution in [0.4, 0.5) is 10.1 Å². The molecule has 2 aromatic carbocycles. The minimum atomic E-state index is -0.314. The van der Waals surface area contributed by atoms with Crippen molar-refractivity contribution in [3.8, 4) is 0 Å². The third kappa shape index (κ3) is 5.61. The van der Waals surface area contributed by atoms with E-state index in [1.807, 2.05) is 48.5 Å². The minimum absolute atomic E-state index is 0.101. The molecule has 1 amide bonds. The van der Waals surface area contributed by atoms with Crippen LogP contribution in [0.3, 0.4) is 0 Å². The molecule has 0 aliphatic rings. The lowest BCUT2D eigenvalue weighted by Gasteiger charge is -2.16. The second kappa shape index (κ2) is 9.28. The van der Waals surface area contributed by atoms with Crippen LogP contribution >= 0.6 is 22.9 Å². The van der Waals surface area contributed by atoms with Gasteiger partial charge in [0.05, 0.1) is 12.1 Å². The van der Waals surface area contributed by atoms with Gasteiger partial charge in [-0.1, -0.05) is 35.4 Å². The molecule has 146 valence electrons. The normalized spacial score (nSPS) is 11.0. The van der Waals surface area contributed by atoms with E-state index in [0.29, 0.717) is 23.7 Å². The van der Waals surface area contributed by atoms with Crippen LogP contribution in [-0.2, 0) is 24.3 Å². The Balaban J connectivity index is 1.54. The molecule has 0 aliphatic carbocycles. The number of aromatic nitrogens is 1. The SMILES string of the molecule is Cc1ccc(NC(=O)Cc2nc(CN(C)Cc3c(F)cccc3Cl)cs2)cc1. The zero-order chi connectivity index (χ0) is 20.1. The number of rotatable bonds is 7. The average molecular weight is 418 g/mol. The summed E-state index contributed by atoms with van der Waals surface area (Å²) >= 11 is 7.54. The summed E-state index contributed by atoms with van der Waals surface area (Å²) in [4.78, 5) is 18.7. The molecule has 0 saturated carbocycles. The molecule has 0 radical (unpaired) electrons. The lowest BCUT2D eigenvalue weighted by Crippen LogP contribution is -2.19. The van der Waals surface area contributed by atoms with E-state index in [4.69, 9.17) is 11.6 Å². The predicted molar refractivity (Wildman–Crippen MR) is 112 cm³/mol. The maximum atomic E-state index is 13.9. The van der Waals surface area contributed by atoms with Crippen LogP contribution in [0.1, 0.15) is 21.8 Å². The number of nitrogens with one attached hydrogen (secondary N) is 1. The molecular formula is C21H21ClFN3OS. The van der Waals surface area contributed by atoms with Crippen LogP contribution in [-0.4, -0.2) is 22.8 Å². The van der Waals surface area contributed by atoms with E-state index in [-0.39, 0.29) is 18.1 Å². The summed E-state index contributed by atoms with van der Waals surface area (Å²) in [5.74, 6) is -0.415. The van der Waals surface area contributed by atoms with E-state index in [1.165, 1.54) is 17.4 Å². The summed E-state index contributed by atoms with van der Waals surface area (Å²) in [5, 5.41) is 5.96. The van der Waals surface area contributed by atoms with Gasteiger partial charge >= 0.3 is 0 Å². The van der Waals surface area contributed by atoms with E-state index in [2.05, 4.69) is 10.3 Å². The fourth-order valence-electron chi connectivity index (χ4n) is 2.77. The highest BCUT2D eigenvalue weighted by Gasteiger charge is 2.13. The number of aryl methyl sites for hydroxylation is 1. The van der Waals surface area contributed by atoms with Gasteiger partial charge in [0.2, 0.25) is 5.91 Å². The Morgan fingerprint density at radius 2 is 1.96 bits per heavy atom. The highest BCUT2D eigenvalue weighted by molar-refractivity contribution is 7.09. The number of amides is 1. The molecular weight excluding hydrogens is 397 g/mol. The first-order valence-corrected chi connectivity index (χ1v) is 10.1. The van der Waals surface area contributed by atoms with Crippen molar-refractivity contribution in [1.29, 1.82) is 0 Å². The molecule has 0 atom stereocenters. The molecule has 0 bridgehead atoms. The van der Waals surface area contributed by atoms with Crippen LogP contribution in [0.5, 0.6) is 0 Å². The molecule has 0 spiro atoms. The van der Waals surface area contributed by atoms with Gasteiger partial charge in [0.15, 0.2) is 0 Å². The van der Waals surface area contributed by atoms with Gasteiger partial charge in [-0.05, 0) is 38.2 Å². The summed E-state index contributed by atoms with van der Waals surface area (Å²) in [6.07, 6.45) is 0.224. The predicted octanol–water partition coefficient (Wildman–Crippen LogP) is 5.06. The largest absolute Gasteiger partial charge is 0.326 e. The van der Waals surface area contributed by atoms with Gasteiger partial charge in [-0.2, -0.15) is 0 Å². The van der Waals surface area contributed by atoms with Gasteiger partial charge in [-0.25, -0.2) is 9.37 Å². The van der Waals surface area contributed by atoms with Crippen molar-refractivity contribution in [2.45, 2.75) is 26.4 Å². The first kappa shape index (κ1) is 20.5. The molecule has 0 aliphatic heterocycles. The topological polar surface area (TPSA) is 45.2 Å². The second-order valence-corrected chi connectivity index (χ2v) is 8.05. The van der Waals surface area contributed by atoms with Crippen molar-refractivity contribution in [3.05, 3.63) is 80.5 Å². The van der Waals surface area contributed by atoms with Gasteiger partial charge in [-0.3, -0.25) is 9.69 Å². The summed E-state index contributed by atoms with van der Waals surface area (Å²) in [6, 6.07) is 12.3. The van der Waals surface area contributed by atoms with Crippen molar-refractivity contribution in [2.75, 3.05) is 12.4 Å². The van der Waals surface area contributed by atoms with Crippen molar-refractivity contribution in [3.63, 3.8) is 0 Å². The molecule has 1 heterocycles. The molecule has 0 unspecified atom stereocenters. The van der Waals surface area contributed by atoms with E-state index in [0.717, 1.165) is 22.0 Å². The summed E-state index contributed by atoms with van der Waals surface area (Å²) < 4.78 is 13.9. The van der Waals surface area contributed by atoms with Crippen LogP contribution < -0.4 is 5.32 Å². The summed E-state index contributed by atoms with van der Waals surface area (Å²) in [5.41, 5.74) is 3.23. The Morgan fingerprint density at radius 1 is 1.21 bits per heavy atom. The zero-order valence-corrected chi connectivity index (χ0v) is 17.3. The summed E-state index contributed by atoms with van der Waals surface area (Å²) in [6.45, 7) is 2.92. The van der Waals surface area contributed by atoms with Crippen molar-refractivity contribution < 1.29 is 9.18 Å². The van der Waals surface area contributed by atoms with Crippen molar-refractivity contribution >= 4 is 34.5 Å². The summed E-state index contributed by atoms with van der Waals surface area (Å²) in [7, 11) is 1.88. The van der Waals surface area contributed by atoms with E-state index in [9.17, 15) is 9.18 Å². The van der Waals surface area contributed by atoms with E-state index >= 15 is 0 Å². The Morgan fingerprint density at radius 3 is 2.68 bits per heavy atom. The highest BCUT2D eigenvalue weighted by Crippen LogP contribution is 2.21. The maximum absolute atomic E-state index is 13.9. The number of hydrogen-bond donors (Lipinski definition) is 1. The molecule has 3 aromatic rings. The van der Waals surface area contributed by atoms with Crippen LogP contribution in [0.2, 0.25) is 5.02 Å². The molecule has 3 rings (SSSR count). The molecule has 1 N–H and O–H groups in total. The van der Waals surface area contributed by atoms with Crippen molar-refractivity contribution in [2.24, 2.45) is 0 Å².